The molecule has 0 aliphatic rings. The molecule has 0 spiro atoms. The fraction of sp³-hybridized carbons (Fsp3) is 0.261. The zero-order chi connectivity index (χ0) is 20.1. The number of hydrogen-bond donors (Lipinski definition) is 1. The van der Waals surface area contributed by atoms with Crippen molar-refractivity contribution in [3.63, 3.8) is 0 Å². The second-order valence-corrected chi connectivity index (χ2v) is 7.23. The molecule has 1 heterocycles. The summed E-state index contributed by atoms with van der Waals surface area (Å²) in [5.74, 6) is 1.50. The molecular weight excluding hydrogens is 348 g/mol. The van der Waals surface area contributed by atoms with Crippen LogP contribution in [0.3, 0.4) is 0 Å². The van der Waals surface area contributed by atoms with E-state index < -0.39 is 0 Å². The summed E-state index contributed by atoms with van der Waals surface area (Å²) in [7, 11) is 1.96. The van der Waals surface area contributed by atoms with Gasteiger partial charge in [-0.1, -0.05) is 56.3 Å². The van der Waals surface area contributed by atoms with Crippen molar-refractivity contribution in [2.24, 2.45) is 0 Å². The number of amides is 1. The maximum atomic E-state index is 12.7. The lowest BCUT2D eigenvalue weighted by molar-refractivity contribution is 0.102. The van der Waals surface area contributed by atoms with Crippen LogP contribution in [0, 0.1) is 6.92 Å². The highest BCUT2D eigenvalue weighted by molar-refractivity contribution is 6.03. The average molecular weight is 374 g/mol. The van der Waals surface area contributed by atoms with E-state index in [0.717, 1.165) is 11.5 Å². The molecule has 28 heavy (non-hydrogen) atoms. The minimum absolute atomic E-state index is 0.239. The molecule has 0 aliphatic carbocycles. The van der Waals surface area contributed by atoms with Gasteiger partial charge in [-0.25, -0.2) is 9.97 Å². The van der Waals surface area contributed by atoms with Gasteiger partial charge in [0.1, 0.15) is 17.3 Å². The van der Waals surface area contributed by atoms with Gasteiger partial charge in [-0.2, -0.15) is 0 Å². The van der Waals surface area contributed by atoms with Gasteiger partial charge in [0.15, 0.2) is 0 Å². The van der Waals surface area contributed by atoms with Crippen LogP contribution in [0.4, 0.5) is 11.5 Å². The van der Waals surface area contributed by atoms with E-state index >= 15 is 0 Å². The monoisotopic (exact) mass is 374 g/mol. The van der Waals surface area contributed by atoms with Crippen molar-refractivity contribution >= 4 is 17.4 Å². The minimum Gasteiger partial charge on any atom is -0.355 e. The number of carbonyl (C=O) groups excluding carboxylic acids is 1. The second-order valence-electron chi connectivity index (χ2n) is 7.23. The third kappa shape index (κ3) is 4.94. The molecule has 0 atom stereocenters. The number of nitrogens with one attached hydrogen (secondary N) is 1. The lowest BCUT2D eigenvalue weighted by atomic mass is 10.0. The smallest absolute Gasteiger partial charge is 0.274 e. The molecule has 0 saturated carbocycles. The summed E-state index contributed by atoms with van der Waals surface area (Å²) in [5.41, 5.74) is 3.53. The predicted molar refractivity (Wildman–Crippen MR) is 114 cm³/mol. The van der Waals surface area contributed by atoms with Crippen molar-refractivity contribution in [1.29, 1.82) is 0 Å². The molecule has 0 fully saturated rings. The third-order valence-electron chi connectivity index (χ3n) is 4.55. The molecule has 1 N–H and O–H groups in total. The van der Waals surface area contributed by atoms with E-state index in [9.17, 15) is 4.79 Å². The van der Waals surface area contributed by atoms with Crippen molar-refractivity contribution in [3.05, 3.63) is 83.3 Å². The van der Waals surface area contributed by atoms with Crippen molar-refractivity contribution in [2.75, 3.05) is 17.3 Å². The summed E-state index contributed by atoms with van der Waals surface area (Å²) >= 11 is 0. The number of aryl methyl sites for hydroxylation is 1. The van der Waals surface area contributed by atoms with Gasteiger partial charge >= 0.3 is 0 Å². The van der Waals surface area contributed by atoms with Crippen molar-refractivity contribution < 1.29 is 4.79 Å². The number of rotatable bonds is 6. The molecule has 3 aromatic rings. The first kappa shape index (κ1) is 19.5. The van der Waals surface area contributed by atoms with Crippen LogP contribution in [0.25, 0.3) is 0 Å². The number of benzene rings is 2. The summed E-state index contributed by atoms with van der Waals surface area (Å²) in [6, 6.07) is 19.8. The normalized spacial score (nSPS) is 10.8. The summed E-state index contributed by atoms with van der Waals surface area (Å²) < 4.78 is 0. The molecule has 1 aromatic heterocycles. The SMILES string of the molecule is Cc1nc(C(=O)Nc2ccc(C(C)C)cc2)cc(N(C)Cc2ccccc2)n1. The molecule has 5 heteroatoms. The van der Waals surface area contributed by atoms with Gasteiger partial charge in [-0.05, 0) is 36.1 Å². The maximum absolute atomic E-state index is 12.7. The van der Waals surface area contributed by atoms with Crippen LogP contribution in [-0.2, 0) is 6.54 Å². The standard InChI is InChI=1S/C23H26N4O/c1-16(2)19-10-12-20(13-11-19)26-23(28)21-14-22(25-17(3)24-21)27(4)15-18-8-6-5-7-9-18/h5-14,16H,15H2,1-4H3,(H,26,28). The number of anilines is 2. The Morgan fingerprint density at radius 3 is 2.36 bits per heavy atom. The summed E-state index contributed by atoms with van der Waals surface area (Å²) in [5, 5.41) is 2.92. The number of aromatic nitrogens is 2. The van der Waals surface area contributed by atoms with Crippen LogP contribution in [0.1, 0.15) is 47.2 Å². The molecule has 144 valence electrons. The quantitative estimate of drug-likeness (QED) is 0.673. The van der Waals surface area contributed by atoms with Gasteiger partial charge in [-0.15, -0.1) is 0 Å². The first-order chi connectivity index (χ1) is 13.4. The van der Waals surface area contributed by atoms with Gasteiger partial charge in [0, 0.05) is 25.3 Å². The largest absolute Gasteiger partial charge is 0.355 e. The van der Waals surface area contributed by atoms with E-state index in [1.807, 2.05) is 54.4 Å². The molecule has 0 bridgehead atoms. The maximum Gasteiger partial charge on any atom is 0.274 e. The highest BCUT2D eigenvalue weighted by Gasteiger charge is 2.13. The highest BCUT2D eigenvalue weighted by atomic mass is 16.1. The fourth-order valence-electron chi connectivity index (χ4n) is 2.95. The fourth-order valence-corrected chi connectivity index (χ4v) is 2.95. The van der Waals surface area contributed by atoms with E-state index in [-0.39, 0.29) is 5.91 Å². The molecule has 2 aromatic carbocycles. The molecular formula is C23H26N4O. The van der Waals surface area contributed by atoms with Crippen LogP contribution in [0.15, 0.2) is 60.7 Å². The Hall–Kier alpha value is -3.21. The molecule has 5 nitrogen and oxygen atoms in total. The second kappa shape index (κ2) is 8.65. The molecule has 0 radical (unpaired) electrons. The van der Waals surface area contributed by atoms with Crippen LogP contribution in [0.5, 0.6) is 0 Å². The lowest BCUT2D eigenvalue weighted by Crippen LogP contribution is -2.21. The zero-order valence-electron chi connectivity index (χ0n) is 16.8. The molecule has 0 saturated heterocycles. The summed E-state index contributed by atoms with van der Waals surface area (Å²) in [4.78, 5) is 23.5. The van der Waals surface area contributed by atoms with Crippen molar-refractivity contribution in [3.8, 4) is 0 Å². The van der Waals surface area contributed by atoms with E-state index in [1.165, 1.54) is 11.1 Å². The van der Waals surface area contributed by atoms with E-state index in [4.69, 9.17) is 0 Å². The van der Waals surface area contributed by atoms with Crippen LogP contribution in [0.2, 0.25) is 0 Å². The first-order valence-corrected chi connectivity index (χ1v) is 9.44. The molecule has 0 aliphatic heterocycles. The Balaban J connectivity index is 1.75. The molecule has 0 unspecified atom stereocenters. The van der Waals surface area contributed by atoms with Gasteiger partial charge in [0.25, 0.3) is 5.91 Å². The number of carbonyl (C=O) groups is 1. The van der Waals surface area contributed by atoms with Gasteiger partial charge in [-0.3, -0.25) is 4.79 Å². The lowest BCUT2D eigenvalue weighted by Gasteiger charge is -2.19. The number of hydrogen-bond acceptors (Lipinski definition) is 4. The van der Waals surface area contributed by atoms with Gasteiger partial charge < -0.3 is 10.2 Å². The Bertz CT molecular complexity index is 937. The Morgan fingerprint density at radius 1 is 1.04 bits per heavy atom. The number of nitrogens with zero attached hydrogens (tertiary/aromatic N) is 3. The van der Waals surface area contributed by atoms with Gasteiger partial charge in [0.2, 0.25) is 0 Å². The van der Waals surface area contributed by atoms with Crippen molar-refractivity contribution in [1.82, 2.24) is 9.97 Å². The molecule has 1 amide bonds. The van der Waals surface area contributed by atoms with Gasteiger partial charge in [0.05, 0.1) is 0 Å². The van der Waals surface area contributed by atoms with Crippen LogP contribution >= 0.6 is 0 Å². The summed E-state index contributed by atoms with van der Waals surface area (Å²) in [6.07, 6.45) is 0. The van der Waals surface area contributed by atoms with Crippen LogP contribution < -0.4 is 10.2 Å². The predicted octanol–water partition coefficient (Wildman–Crippen LogP) is 4.80. The minimum atomic E-state index is -0.239. The Labute approximate surface area is 166 Å². The summed E-state index contributed by atoms with van der Waals surface area (Å²) in [6.45, 7) is 6.79. The Kier molecular flexibility index (Phi) is 6.04. The van der Waals surface area contributed by atoms with Crippen LogP contribution in [-0.4, -0.2) is 22.9 Å². The Morgan fingerprint density at radius 2 is 1.71 bits per heavy atom. The average Bonchev–Trinajstić information content (AvgIpc) is 2.68. The van der Waals surface area contributed by atoms with E-state index in [0.29, 0.717) is 24.0 Å². The van der Waals surface area contributed by atoms with E-state index in [2.05, 4.69) is 41.3 Å². The topological polar surface area (TPSA) is 58.1 Å². The molecule has 3 rings (SSSR count). The highest BCUT2D eigenvalue weighted by Crippen LogP contribution is 2.19. The van der Waals surface area contributed by atoms with E-state index in [1.54, 1.807) is 13.0 Å². The first-order valence-electron chi connectivity index (χ1n) is 9.44. The van der Waals surface area contributed by atoms with Crippen molar-refractivity contribution in [2.45, 2.75) is 33.2 Å². The zero-order valence-corrected chi connectivity index (χ0v) is 16.8. The third-order valence-corrected chi connectivity index (χ3v) is 4.55.